The van der Waals surface area contributed by atoms with E-state index in [0.29, 0.717) is 0 Å². The van der Waals surface area contributed by atoms with Crippen molar-refractivity contribution in [2.75, 3.05) is 6.26 Å². The first-order valence-electron chi connectivity index (χ1n) is 3.13. The quantitative estimate of drug-likeness (QED) is 0.634. The van der Waals surface area contributed by atoms with E-state index in [-0.39, 0.29) is 0 Å². The molecule has 0 fully saturated rings. The van der Waals surface area contributed by atoms with Gasteiger partial charge in [-0.05, 0) is 20.8 Å². The van der Waals surface area contributed by atoms with E-state index in [1.165, 1.54) is 6.26 Å². The van der Waals surface area contributed by atoms with E-state index in [2.05, 4.69) is 0 Å². The minimum Gasteiger partial charge on any atom is -0.324 e. The lowest BCUT2D eigenvalue weighted by molar-refractivity contribution is 0.483. The Morgan fingerprint density at radius 3 is 1.70 bits per heavy atom. The lowest BCUT2D eigenvalue weighted by Gasteiger charge is -2.25. The Kier molecular flexibility index (Phi) is 2.49. The molecule has 0 aromatic rings. The molecular weight excluding hydrogens is 150 g/mol. The van der Waals surface area contributed by atoms with Crippen molar-refractivity contribution in [3.8, 4) is 0 Å². The zero-order valence-corrected chi connectivity index (χ0v) is 7.70. The molecule has 4 heteroatoms. The number of nitrogens with two attached hydrogens (primary N) is 1. The molecule has 0 aliphatic rings. The fourth-order valence-electron chi connectivity index (χ4n) is 0.552. The second-order valence-electron chi connectivity index (χ2n) is 3.29. The summed E-state index contributed by atoms with van der Waals surface area (Å²) >= 11 is 0. The van der Waals surface area contributed by atoms with E-state index in [0.717, 1.165) is 0 Å². The Hall–Kier alpha value is -0.0900. The van der Waals surface area contributed by atoms with Gasteiger partial charge in [0.15, 0.2) is 9.84 Å². The zero-order valence-electron chi connectivity index (χ0n) is 6.88. The summed E-state index contributed by atoms with van der Waals surface area (Å²) in [5, 5.41) is -0.486. The van der Waals surface area contributed by atoms with Crippen molar-refractivity contribution >= 4 is 9.84 Å². The Morgan fingerprint density at radius 1 is 1.40 bits per heavy atom. The molecule has 0 bridgehead atoms. The standard InChI is InChI=1S/C6H15NO2S/c1-5(6(2,3)7)10(4,8)9/h5H,7H2,1-4H3. The van der Waals surface area contributed by atoms with Gasteiger partial charge in [0.2, 0.25) is 0 Å². The second kappa shape index (κ2) is 2.51. The maximum Gasteiger partial charge on any atom is 0.151 e. The summed E-state index contributed by atoms with van der Waals surface area (Å²) in [6.45, 7) is 5.03. The van der Waals surface area contributed by atoms with Crippen molar-refractivity contribution in [2.45, 2.75) is 31.6 Å². The van der Waals surface area contributed by atoms with Crippen molar-refractivity contribution in [1.82, 2.24) is 0 Å². The number of hydrogen-bond acceptors (Lipinski definition) is 3. The van der Waals surface area contributed by atoms with Crippen LogP contribution in [0.3, 0.4) is 0 Å². The lowest BCUT2D eigenvalue weighted by Crippen LogP contribution is -2.47. The van der Waals surface area contributed by atoms with Gasteiger partial charge in [-0.3, -0.25) is 0 Å². The van der Waals surface area contributed by atoms with E-state index in [1.807, 2.05) is 0 Å². The third-order valence-corrected chi connectivity index (χ3v) is 3.58. The average molecular weight is 165 g/mol. The van der Waals surface area contributed by atoms with Crippen molar-refractivity contribution in [1.29, 1.82) is 0 Å². The van der Waals surface area contributed by atoms with Crippen LogP contribution in [-0.4, -0.2) is 25.5 Å². The highest BCUT2D eigenvalue weighted by atomic mass is 32.2. The van der Waals surface area contributed by atoms with Gasteiger partial charge in [-0.1, -0.05) is 0 Å². The van der Waals surface area contributed by atoms with Crippen LogP contribution in [-0.2, 0) is 9.84 Å². The molecule has 0 aliphatic heterocycles. The maximum atomic E-state index is 10.9. The first kappa shape index (κ1) is 9.91. The van der Waals surface area contributed by atoms with Crippen LogP contribution in [0.5, 0.6) is 0 Å². The Morgan fingerprint density at radius 2 is 1.70 bits per heavy atom. The monoisotopic (exact) mass is 165 g/mol. The van der Waals surface area contributed by atoms with E-state index in [1.54, 1.807) is 20.8 Å². The molecule has 0 aromatic heterocycles. The molecule has 0 saturated carbocycles. The van der Waals surface area contributed by atoms with Crippen LogP contribution in [0.15, 0.2) is 0 Å². The second-order valence-corrected chi connectivity index (χ2v) is 5.66. The van der Waals surface area contributed by atoms with E-state index in [9.17, 15) is 8.42 Å². The molecule has 10 heavy (non-hydrogen) atoms. The molecule has 0 saturated heterocycles. The minimum atomic E-state index is -2.99. The molecule has 1 atom stereocenters. The van der Waals surface area contributed by atoms with Gasteiger partial charge in [0, 0.05) is 11.8 Å². The summed E-state index contributed by atoms with van der Waals surface area (Å²) in [6.07, 6.45) is 1.20. The summed E-state index contributed by atoms with van der Waals surface area (Å²) in [5.41, 5.74) is 4.94. The number of rotatable bonds is 2. The van der Waals surface area contributed by atoms with Crippen LogP contribution in [0.2, 0.25) is 0 Å². The minimum absolute atomic E-state index is 0.486. The molecule has 0 amide bonds. The maximum absolute atomic E-state index is 10.9. The van der Waals surface area contributed by atoms with Crippen LogP contribution in [0.1, 0.15) is 20.8 Å². The molecule has 1 unspecified atom stereocenters. The number of hydrogen-bond donors (Lipinski definition) is 1. The third kappa shape index (κ3) is 2.66. The number of sulfone groups is 1. The van der Waals surface area contributed by atoms with Gasteiger partial charge < -0.3 is 5.73 Å². The molecule has 2 N–H and O–H groups in total. The van der Waals surface area contributed by atoms with Crippen LogP contribution >= 0.6 is 0 Å². The highest BCUT2D eigenvalue weighted by Crippen LogP contribution is 2.12. The third-order valence-electron chi connectivity index (χ3n) is 1.69. The fourth-order valence-corrected chi connectivity index (χ4v) is 1.66. The van der Waals surface area contributed by atoms with Crippen molar-refractivity contribution in [3.63, 3.8) is 0 Å². The van der Waals surface area contributed by atoms with Gasteiger partial charge in [-0.15, -0.1) is 0 Å². The molecule has 3 nitrogen and oxygen atoms in total. The van der Waals surface area contributed by atoms with Gasteiger partial charge in [0.1, 0.15) is 0 Å². The van der Waals surface area contributed by atoms with Gasteiger partial charge in [-0.25, -0.2) is 8.42 Å². The van der Waals surface area contributed by atoms with Crippen LogP contribution in [0, 0.1) is 0 Å². The Balaban J connectivity index is 4.56. The van der Waals surface area contributed by atoms with Crippen LogP contribution < -0.4 is 5.73 Å². The lowest BCUT2D eigenvalue weighted by atomic mass is 10.0. The van der Waals surface area contributed by atoms with Crippen molar-refractivity contribution in [2.24, 2.45) is 5.73 Å². The molecule has 62 valence electrons. The van der Waals surface area contributed by atoms with E-state index < -0.39 is 20.6 Å². The van der Waals surface area contributed by atoms with Crippen molar-refractivity contribution < 1.29 is 8.42 Å². The molecule has 0 rings (SSSR count). The molecule has 0 heterocycles. The molecular formula is C6H15NO2S. The molecule has 0 aliphatic carbocycles. The van der Waals surface area contributed by atoms with E-state index >= 15 is 0 Å². The van der Waals surface area contributed by atoms with Crippen LogP contribution in [0.25, 0.3) is 0 Å². The summed E-state index contributed by atoms with van der Waals surface area (Å²) in [6, 6.07) is 0. The van der Waals surface area contributed by atoms with Gasteiger partial charge >= 0.3 is 0 Å². The first-order chi connectivity index (χ1) is 4.15. The van der Waals surface area contributed by atoms with Crippen molar-refractivity contribution in [3.05, 3.63) is 0 Å². The largest absolute Gasteiger partial charge is 0.324 e. The van der Waals surface area contributed by atoms with E-state index in [4.69, 9.17) is 5.73 Å². The highest BCUT2D eigenvalue weighted by Gasteiger charge is 2.28. The normalized spacial score (nSPS) is 16.9. The van der Waals surface area contributed by atoms with Gasteiger partial charge in [0.25, 0.3) is 0 Å². The summed E-state index contributed by atoms with van der Waals surface area (Å²) in [4.78, 5) is 0. The predicted molar refractivity (Wildman–Crippen MR) is 42.6 cm³/mol. The highest BCUT2D eigenvalue weighted by molar-refractivity contribution is 7.91. The van der Waals surface area contributed by atoms with Crippen LogP contribution in [0.4, 0.5) is 0 Å². The predicted octanol–water partition coefficient (Wildman–Crippen LogP) is 0.157. The Labute approximate surface area is 62.5 Å². The zero-order chi connectivity index (χ0) is 8.58. The first-order valence-corrected chi connectivity index (χ1v) is 5.09. The summed E-state index contributed by atoms with van der Waals surface area (Å²) in [7, 11) is -2.99. The molecule has 0 radical (unpaired) electrons. The fraction of sp³-hybridized carbons (Fsp3) is 1.00. The average Bonchev–Trinajstić information content (AvgIpc) is 1.59. The van der Waals surface area contributed by atoms with Gasteiger partial charge in [0.05, 0.1) is 5.25 Å². The summed E-state index contributed by atoms with van der Waals surface area (Å²) < 4.78 is 21.8. The van der Waals surface area contributed by atoms with Gasteiger partial charge in [-0.2, -0.15) is 0 Å². The SMILES string of the molecule is CC(C(C)(C)N)S(C)(=O)=O. The topological polar surface area (TPSA) is 60.2 Å². The molecule has 0 aromatic carbocycles. The Bertz CT molecular complexity index is 200. The molecule has 0 spiro atoms. The summed E-state index contributed by atoms with van der Waals surface area (Å²) in [5.74, 6) is 0. The smallest absolute Gasteiger partial charge is 0.151 e.